The summed E-state index contributed by atoms with van der Waals surface area (Å²) in [5, 5.41) is 6.74. The smallest absolute Gasteiger partial charge is 0.124 e. The van der Waals surface area contributed by atoms with Crippen molar-refractivity contribution in [3.8, 4) is 5.75 Å². The predicted molar refractivity (Wildman–Crippen MR) is 77.6 cm³/mol. The van der Waals surface area contributed by atoms with Crippen LogP contribution in [-0.2, 0) is 6.42 Å². The summed E-state index contributed by atoms with van der Waals surface area (Å²) in [6, 6.07) is 4.44. The Morgan fingerprint density at radius 2 is 1.61 bits per heavy atom. The third-order valence-corrected chi connectivity index (χ3v) is 3.04. The van der Waals surface area contributed by atoms with Gasteiger partial charge in [-0.2, -0.15) is 0 Å². The average molecular weight is 250 g/mol. The van der Waals surface area contributed by atoms with E-state index in [9.17, 15) is 0 Å². The van der Waals surface area contributed by atoms with Crippen LogP contribution < -0.4 is 15.4 Å². The van der Waals surface area contributed by atoms with Crippen LogP contribution in [0.5, 0.6) is 5.75 Å². The number of aryl methyl sites for hydroxylation is 2. The highest BCUT2D eigenvalue weighted by Crippen LogP contribution is 2.24. The van der Waals surface area contributed by atoms with E-state index in [-0.39, 0.29) is 0 Å². The largest absolute Gasteiger partial charge is 0.496 e. The van der Waals surface area contributed by atoms with Gasteiger partial charge in [0.05, 0.1) is 7.11 Å². The van der Waals surface area contributed by atoms with E-state index in [1.807, 2.05) is 0 Å². The van der Waals surface area contributed by atoms with Gasteiger partial charge in [0, 0.05) is 13.1 Å². The van der Waals surface area contributed by atoms with Crippen LogP contribution in [0.2, 0.25) is 0 Å². The van der Waals surface area contributed by atoms with E-state index < -0.39 is 0 Å². The van der Waals surface area contributed by atoms with E-state index in [0.29, 0.717) is 0 Å². The maximum absolute atomic E-state index is 5.38. The van der Waals surface area contributed by atoms with E-state index in [4.69, 9.17) is 4.74 Å². The molecular weight excluding hydrogens is 224 g/mol. The van der Waals surface area contributed by atoms with Crippen molar-refractivity contribution in [2.24, 2.45) is 0 Å². The predicted octanol–water partition coefficient (Wildman–Crippen LogP) is 2.05. The molecule has 0 fully saturated rings. The number of hydrogen-bond donors (Lipinski definition) is 2. The van der Waals surface area contributed by atoms with Gasteiger partial charge >= 0.3 is 0 Å². The molecule has 1 aromatic rings. The lowest BCUT2D eigenvalue weighted by atomic mass is 10.0. The Kier molecular flexibility index (Phi) is 6.76. The lowest BCUT2D eigenvalue weighted by molar-refractivity contribution is 0.408. The van der Waals surface area contributed by atoms with Crippen LogP contribution in [0.25, 0.3) is 0 Å². The second kappa shape index (κ2) is 8.11. The third kappa shape index (κ3) is 4.67. The topological polar surface area (TPSA) is 33.3 Å². The quantitative estimate of drug-likeness (QED) is 0.693. The normalized spacial score (nSPS) is 10.7. The van der Waals surface area contributed by atoms with E-state index in [1.165, 1.54) is 16.7 Å². The van der Waals surface area contributed by atoms with Gasteiger partial charge in [-0.1, -0.05) is 19.1 Å². The van der Waals surface area contributed by atoms with Gasteiger partial charge in [-0.3, -0.25) is 0 Å². The van der Waals surface area contributed by atoms with Gasteiger partial charge in [-0.25, -0.2) is 0 Å². The summed E-state index contributed by atoms with van der Waals surface area (Å²) in [6.07, 6.45) is 1.07. The summed E-state index contributed by atoms with van der Waals surface area (Å²) >= 11 is 0. The summed E-state index contributed by atoms with van der Waals surface area (Å²) in [5.74, 6) is 1.01. The third-order valence-electron chi connectivity index (χ3n) is 3.04. The fraction of sp³-hybridized carbons (Fsp3) is 0.600. The highest BCUT2D eigenvalue weighted by Gasteiger charge is 2.04. The molecule has 1 rings (SSSR count). The van der Waals surface area contributed by atoms with Gasteiger partial charge in [0.15, 0.2) is 0 Å². The summed E-state index contributed by atoms with van der Waals surface area (Å²) in [7, 11) is 1.73. The molecule has 2 N–H and O–H groups in total. The van der Waals surface area contributed by atoms with E-state index in [1.54, 1.807) is 7.11 Å². The standard InChI is InChI=1S/C15H26N2O/c1-5-16-8-9-17-7-6-14-10-12(2)15(18-4)13(3)11-14/h10-11,16-17H,5-9H2,1-4H3. The molecule has 0 amide bonds. The van der Waals surface area contributed by atoms with E-state index in [0.717, 1.165) is 38.3 Å². The summed E-state index contributed by atoms with van der Waals surface area (Å²) < 4.78 is 5.38. The number of ether oxygens (including phenoxy) is 1. The van der Waals surface area contributed by atoms with Crippen LogP contribution in [0.3, 0.4) is 0 Å². The lowest BCUT2D eigenvalue weighted by Gasteiger charge is -2.11. The van der Waals surface area contributed by atoms with E-state index >= 15 is 0 Å². The van der Waals surface area contributed by atoms with Crippen molar-refractivity contribution in [3.63, 3.8) is 0 Å². The van der Waals surface area contributed by atoms with Crippen molar-refractivity contribution in [1.82, 2.24) is 10.6 Å². The number of benzene rings is 1. The Hall–Kier alpha value is -1.06. The summed E-state index contributed by atoms with van der Waals surface area (Å²) in [5.41, 5.74) is 3.82. The molecule has 1 aromatic carbocycles. The van der Waals surface area contributed by atoms with Crippen LogP contribution in [0.15, 0.2) is 12.1 Å². The van der Waals surface area contributed by atoms with Crippen molar-refractivity contribution in [2.45, 2.75) is 27.2 Å². The zero-order valence-electron chi connectivity index (χ0n) is 12.1. The Balaban J connectivity index is 2.39. The van der Waals surface area contributed by atoms with Gasteiger partial charge in [0.2, 0.25) is 0 Å². The average Bonchev–Trinajstić information content (AvgIpc) is 2.33. The molecule has 0 aromatic heterocycles. The molecular formula is C15H26N2O. The highest BCUT2D eigenvalue weighted by atomic mass is 16.5. The number of likely N-dealkylation sites (N-methyl/N-ethyl adjacent to an activating group) is 1. The maximum Gasteiger partial charge on any atom is 0.124 e. The van der Waals surface area contributed by atoms with Crippen molar-refractivity contribution in [1.29, 1.82) is 0 Å². The molecule has 0 saturated carbocycles. The second-order valence-electron chi connectivity index (χ2n) is 4.62. The van der Waals surface area contributed by atoms with Gasteiger partial charge in [-0.05, 0) is 50.0 Å². The minimum absolute atomic E-state index is 1.01. The Labute approximate surface area is 111 Å². The zero-order chi connectivity index (χ0) is 13.4. The van der Waals surface area contributed by atoms with Crippen molar-refractivity contribution < 1.29 is 4.74 Å². The molecule has 3 nitrogen and oxygen atoms in total. The molecule has 0 heterocycles. The SMILES string of the molecule is CCNCCNCCc1cc(C)c(OC)c(C)c1. The van der Waals surface area contributed by atoms with Crippen molar-refractivity contribution >= 4 is 0 Å². The Bertz CT molecular complexity index is 341. The molecule has 0 radical (unpaired) electrons. The molecule has 0 spiro atoms. The molecule has 18 heavy (non-hydrogen) atoms. The first-order chi connectivity index (χ1) is 8.69. The second-order valence-corrected chi connectivity index (χ2v) is 4.62. The first-order valence-electron chi connectivity index (χ1n) is 6.74. The number of rotatable bonds is 8. The van der Waals surface area contributed by atoms with Crippen molar-refractivity contribution in [3.05, 3.63) is 28.8 Å². The van der Waals surface area contributed by atoms with Crippen LogP contribution in [0.1, 0.15) is 23.6 Å². The maximum atomic E-state index is 5.38. The van der Waals surface area contributed by atoms with E-state index in [2.05, 4.69) is 43.5 Å². The fourth-order valence-corrected chi connectivity index (χ4v) is 2.22. The molecule has 0 bridgehead atoms. The highest BCUT2D eigenvalue weighted by molar-refractivity contribution is 5.43. The molecule has 3 heteroatoms. The fourth-order valence-electron chi connectivity index (χ4n) is 2.22. The first-order valence-corrected chi connectivity index (χ1v) is 6.74. The molecule has 0 aliphatic heterocycles. The van der Waals surface area contributed by atoms with Crippen LogP contribution in [0.4, 0.5) is 0 Å². The molecule has 102 valence electrons. The zero-order valence-corrected chi connectivity index (χ0v) is 12.1. The minimum Gasteiger partial charge on any atom is -0.496 e. The first kappa shape index (κ1) is 15.0. The number of nitrogens with one attached hydrogen (secondary N) is 2. The lowest BCUT2D eigenvalue weighted by Crippen LogP contribution is -2.28. The molecule has 0 saturated heterocycles. The van der Waals surface area contributed by atoms with Gasteiger partial charge in [0.1, 0.15) is 5.75 Å². The minimum atomic E-state index is 1.01. The summed E-state index contributed by atoms with van der Waals surface area (Å²) in [4.78, 5) is 0. The molecule has 0 aliphatic rings. The monoisotopic (exact) mass is 250 g/mol. The number of methoxy groups -OCH3 is 1. The Morgan fingerprint density at radius 1 is 1.00 bits per heavy atom. The van der Waals surface area contributed by atoms with Gasteiger partial charge < -0.3 is 15.4 Å². The van der Waals surface area contributed by atoms with Gasteiger partial charge in [0.25, 0.3) is 0 Å². The van der Waals surface area contributed by atoms with Crippen molar-refractivity contribution in [2.75, 3.05) is 33.3 Å². The van der Waals surface area contributed by atoms with Crippen LogP contribution in [-0.4, -0.2) is 33.3 Å². The van der Waals surface area contributed by atoms with Crippen LogP contribution >= 0.6 is 0 Å². The summed E-state index contributed by atoms with van der Waals surface area (Å²) in [6.45, 7) is 10.5. The Morgan fingerprint density at radius 3 is 2.17 bits per heavy atom. The van der Waals surface area contributed by atoms with Crippen LogP contribution in [0, 0.1) is 13.8 Å². The molecule has 0 aliphatic carbocycles. The number of hydrogen-bond acceptors (Lipinski definition) is 3. The molecule has 0 unspecified atom stereocenters. The van der Waals surface area contributed by atoms with Gasteiger partial charge in [-0.15, -0.1) is 0 Å². The molecule has 0 atom stereocenters.